The summed E-state index contributed by atoms with van der Waals surface area (Å²) in [4.78, 5) is 16.3. The van der Waals surface area contributed by atoms with Crippen LogP contribution in [0.2, 0.25) is 0 Å². The van der Waals surface area contributed by atoms with Gasteiger partial charge in [-0.2, -0.15) is 5.10 Å². The van der Waals surface area contributed by atoms with Crippen molar-refractivity contribution in [1.82, 2.24) is 25.4 Å². The van der Waals surface area contributed by atoms with Crippen LogP contribution in [0.4, 0.5) is 9.18 Å². The molecule has 0 saturated heterocycles. The SMILES string of the molecule is COc1cccc(F)c1C(C)NC(=O)NCc1ncnn1C(C)(C)C. The van der Waals surface area contributed by atoms with Gasteiger partial charge >= 0.3 is 6.03 Å². The summed E-state index contributed by atoms with van der Waals surface area (Å²) in [5.41, 5.74) is 0.0654. The van der Waals surface area contributed by atoms with E-state index < -0.39 is 17.9 Å². The fourth-order valence-electron chi connectivity index (χ4n) is 2.54. The number of amides is 2. The first kappa shape index (κ1) is 18.7. The van der Waals surface area contributed by atoms with Crippen LogP contribution in [0.15, 0.2) is 24.5 Å². The molecule has 1 unspecified atom stereocenters. The minimum Gasteiger partial charge on any atom is -0.496 e. The van der Waals surface area contributed by atoms with Gasteiger partial charge in [-0.05, 0) is 39.8 Å². The lowest BCUT2D eigenvalue weighted by atomic mass is 10.1. The van der Waals surface area contributed by atoms with E-state index in [4.69, 9.17) is 4.74 Å². The number of aromatic nitrogens is 3. The first-order valence-corrected chi connectivity index (χ1v) is 8.00. The van der Waals surface area contributed by atoms with Crippen molar-refractivity contribution in [3.8, 4) is 5.75 Å². The number of carbonyl (C=O) groups is 1. The second-order valence-electron chi connectivity index (χ2n) is 6.66. The lowest BCUT2D eigenvalue weighted by Gasteiger charge is -2.22. The van der Waals surface area contributed by atoms with E-state index in [1.807, 2.05) is 20.8 Å². The van der Waals surface area contributed by atoms with Crippen molar-refractivity contribution in [3.05, 3.63) is 41.7 Å². The molecule has 1 heterocycles. The highest BCUT2D eigenvalue weighted by molar-refractivity contribution is 5.74. The summed E-state index contributed by atoms with van der Waals surface area (Å²) in [6.07, 6.45) is 1.45. The molecule has 2 aromatic rings. The van der Waals surface area contributed by atoms with Crippen molar-refractivity contribution in [2.45, 2.75) is 45.8 Å². The van der Waals surface area contributed by atoms with Crippen LogP contribution in [0, 0.1) is 5.82 Å². The predicted molar refractivity (Wildman–Crippen MR) is 91.8 cm³/mol. The Bertz CT molecular complexity index is 739. The molecule has 0 aliphatic carbocycles. The van der Waals surface area contributed by atoms with E-state index in [2.05, 4.69) is 20.7 Å². The first-order valence-electron chi connectivity index (χ1n) is 8.00. The third-order valence-corrected chi connectivity index (χ3v) is 3.67. The second-order valence-corrected chi connectivity index (χ2v) is 6.66. The highest BCUT2D eigenvalue weighted by atomic mass is 19.1. The molecule has 0 aliphatic rings. The molecule has 25 heavy (non-hydrogen) atoms. The van der Waals surface area contributed by atoms with E-state index in [1.54, 1.807) is 23.7 Å². The molecule has 1 aromatic carbocycles. The summed E-state index contributed by atoms with van der Waals surface area (Å²) in [5.74, 6) is 0.596. The fraction of sp³-hybridized carbons (Fsp3) is 0.471. The molecule has 1 atom stereocenters. The highest BCUT2D eigenvalue weighted by Crippen LogP contribution is 2.27. The number of urea groups is 1. The largest absolute Gasteiger partial charge is 0.496 e. The number of hydrogen-bond acceptors (Lipinski definition) is 4. The van der Waals surface area contributed by atoms with Gasteiger partial charge in [0.25, 0.3) is 0 Å². The van der Waals surface area contributed by atoms with Crippen LogP contribution in [0.1, 0.15) is 45.1 Å². The van der Waals surface area contributed by atoms with E-state index in [-0.39, 0.29) is 12.1 Å². The lowest BCUT2D eigenvalue weighted by Crippen LogP contribution is -2.38. The van der Waals surface area contributed by atoms with E-state index in [9.17, 15) is 9.18 Å². The van der Waals surface area contributed by atoms with Gasteiger partial charge in [-0.25, -0.2) is 18.9 Å². The van der Waals surface area contributed by atoms with Gasteiger partial charge in [-0.15, -0.1) is 0 Å². The molecule has 0 fully saturated rings. The Morgan fingerprint density at radius 1 is 1.40 bits per heavy atom. The number of nitrogens with one attached hydrogen (secondary N) is 2. The third-order valence-electron chi connectivity index (χ3n) is 3.67. The normalized spacial score (nSPS) is 12.6. The molecule has 1 aromatic heterocycles. The van der Waals surface area contributed by atoms with Crippen molar-refractivity contribution < 1.29 is 13.9 Å². The Morgan fingerprint density at radius 3 is 2.76 bits per heavy atom. The van der Waals surface area contributed by atoms with Gasteiger partial charge in [0.2, 0.25) is 0 Å². The first-order chi connectivity index (χ1) is 11.7. The van der Waals surface area contributed by atoms with Gasteiger partial charge in [-0.3, -0.25) is 0 Å². The van der Waals surface area contributed by atoms with Crippen LogP contribution >= 0.6 is 0 Å². The standard InChI is InChI=1S/C17H24FN5O2/c1-11(15-12(18)7-6-8-13(15)25-5)22-16(24)19-9-14-20-10-21-23(14)17(2,3)4/h6-8,10-11H,9H2,1-5H3,(H2,19,22,24). The maximum atomic E-state index is 14.1. The van der Waals surface area contributed by atoms with Crippen molar-refractivity contribution >= 4 is 6.03 Å². The second kappa shape index (κ2) is 7.50. The van der Waals surface area contributed by atoms with Crippen LogP contribution in [0.25, 0.3) is 0 Å². The molecule has 0 bridgehead atoms. The van der Waals surface area contributed by atoms with Crippen molar-refractivity contribution in [3.63, 3.8) is 0 Å². The van der Waals surface area contributed by atoms with Crippen molar-refractivity contribution in [1.29, 1.82) is 0 Å². The van der Waals surface area contributed by atoms with E-state index in [0.717, 1.165) is 0 Å². The summed E-state index contributed by atoms with van der Waals surface area (Å²) in [6.45, 7) is 7.90. The summed E-state index contributed by atoms with van der Waals surface area (Å²) in [5, 5.41) is 9.60. The maximum absolute atomic E-state index is 14.1. The van der Waals surface area contributed by atoms with Crippen LogP contribution < -0.4 is 15.4 Å². The molecule has 8 heteroatoms. The molecule has 0 spiro atoms. The van der Waals surface area contributed by atoms with Crippen LogP contribution in [0.3, 0.4) is 0 Å². The lowest BCUT2D eigenvalue weighted by molar-refractivity contribution is 0.236. The van der Waals surface area contributed by atoms with Gasteiger partial charge in [0.15, 0.2) is 0 Å². The number of rotatable bonds is 5. The molecule has 2 amide bonds. The molecule has 0 saturated carbocycles. The van der Waals surface area contributed by atoms with Crippen LogP contribution in [-0.4, -0.2) is 27.9 Å². The molecular formula is C17H24FN5O2. The molecule has 0 radical (unpaired) electrons. The molecule has 136 valence electrons. The number of nitrogens with zero attached hydrogens (tertiary/aromatic N) is 3. The minimum atomic E-state index is -0.559. The maximum Gasteiger partial charge on any atom is 0.315 e. The Balaban J connectivity index is 2.01. The number of hydrogen-bond donors (Lipinski definition) is 2. The number of benzene rings is 1. The zero-order valence-corrected chi connectivity index (χ0v) is 15.1. The van der Waals surface area contributed by atoms with E-state index in [1.165, 1.54) is 19.5 Å². The fourth-order valence-corrected chi connectivity index (χ4v) is 2.54. The quantitative estimate of drug-likeness (QED) is 0.870. The monoisotopic (exact) mass is 349 g/mol. The van der Waals surface area contributed by atoms with Crippen molar-refractivity contribution in [2.24, 2.45) is 0 Å². The Morgan fingerprint density at radius 2 is 2.12 bits per heavy atom. The third kappa shape index (κ3) is 4.46. The average molecular weight is 349 g/mol. The average Bonchev–Trinajstić information content (AvgIpc) is 3.01. The Kier molecular flexibility index (Phi) is 5.61. The molecule has 2 N–H and O–H groups in total. The zero-order valence-electron chi connectivity index (χ0n) is 15.1. The van der Waals surface area contributed by atoms with Gasteiger partial charge in [0.05, 0.1) is 30.8 Å². The Hall–Kier alpha value is -2.64. The van der Waals surface area contributed by atoms with E-state index >= 15 is 0 Å². The summed E-state index contributed by atoms with van der Waals surface area (Å²) >= 11 is 0. The zero-order chi connectivity index (χ0) is 18.6. The van der Waals surface area contributed by atoms with Crippen LogP contribution in [-0.2, 0) is 12.1 Å². The number of methoxy groups -OCH3 is 1. The number of halogens is 1. The molecular weight excluding hydrogens is 325 g/mol. The summed E-state index contributed by atoms with van der Waals surface area (Å²) in [6, 6.07) is 3.56. The summed E-state index contributed by atoms with van der Waals surface area (Å²) < 4.78 is 21.0. The number of carbonyl (C=O) groups excluding carboxylic acids is 1. The Labute approximate surface area is 146 Å². The minimum absolute atomic E-state index is 0.213. The predicted octanol–water partition coefficient (Wildman–Crippen LogP) is 2.74. The van der Waals surface area contributed by atoms with Gasteiger partial charge in [0.1, 0.15) is 23.7 Å². The van der Waals surface area contributed by atoms with E-state index in [0.29, 0.717) is 17.1 Å². The van der Waals surface area contributed by atoms with Gasteiger partial charge in [0, 0.05) is 0 Å². The smallest absolute Gasteiger partial charge is 0.315 e. The van der Waals surface area contributed by atoms with Crippen molar-refractivity contribution in [2.75, 3.05) is 7.11 Å². The molecule has 2 rings (SSSR count). The molecule has 0 aliphatic heterocycles. The number of ether oxygens (including phenoxy) is 1. The van der Waals surface area contributed by atoms with Gasteiger partial charge < -0.3 is 15.4 Å². The topological polar surface area (TPSA) is 81.1 Å². The highest BCUT2D eigenvalue weighted by Gasteiger charge is 2.20. The molecule has 7 nitrogen and oxygen atoms in total. The summed E-state index contributed by atoms with van der Waals surface area (Å²) in [7, 11) is 1.46. The van der Waals surface area contributed by atoms with Gasteiger partial charge in [-0.1, -0.05) is 6.07 Å². The van der Waals surface area contributed by atoms with Crippen LogP contribution in [0.5, 0.6) is 5.75 Å².